The highest BCUT2D eigenvalue weighted by Gasteiger charge is 2.14. The summed E-state index contributed by atoms with van der Waals surface area (Å²) in [7, 11) is -3.54. The standard InChI is InChI=1S/C9H16N4O4S/c1-2-17-8(14)3-4-18(15,16)12-6-7-5-11-13-9(7)10/h5,12H,2-4,6H2,1H3,(H3,10,11,13). The molecule has 1 rings (SSSR count). The second kappa shape index (κ2) is 6.36. The van der Waals surface area contributed by atoms with Crippen LogP contribution >= 0.6 is 0 Å². The quantitative estimate of drug-likeness (QED) is 0.569. The summed E-state index contributed by atoms with van der Waals surface area (Å²) in [5, 5.41) is 6.15. The third-order valence-electron chi connectivity index (χ3n) is 2.11. The van der Waals surface area contributed by atoms with E-state index in [1.54, 1.807) is 6.92 Å². The van der Waals surface area contributed by atoms with Crippen LogP contribution in [0, 0.1) is 0 Å². The topological polar surface area (TPSA) is 127 Å². The average Bonchev–Trinajstić information content (AvgIpc) is 2.71. The first-order valence-electron chi connectivity index (χ1n) is 5.35. The molecule has 0 saturated carbocycles. The summed E-state index contributed by atoms with van der Waals surface area (Å²) in [5.74, 6) is -0.544. The molecular weight excluding hydrogens is 260 g/mol. The number of ether oxygens (including phenoxy) is 1. The maximum atomic E-state index is 11.6. The van der Waals surface area contributed by atoms with Crippen molar-refractivity contribution in [1.29, 1.82) is 0 Å². The summed E-state index contributed by atoms with van der Waals surface area (Å²) in [6.07, 6.45) is 1.26. The van der Waals surface area contributed by atoms with Gasteiger partial charge in [-0.1, -0.05) is 0 Å². The normalized spacial score (nSPS) is 11.4. The van der Waals surface area contributed by atoms with E-state index in [-0.39, 0.29) is 25.3 Å². The second-order valence-corrected chi connectivity index (χ2v) is 5.43. The number of nitrogens with two attached hydrogens (primary N) is 1. The lowest BCUT2D eigenvalue weighted by molar-refractivity contribution is -0.142. The number of carbonyl (C=O) groups is 1. The number of hydrogen-bond acceptors (Lipinski definition) is 6. The van der Waals surface area contributed by atoms with Crippen LogP contribution in [-0.2, 0) is 26.1 Å². The molecule has 0 atom stereocenters. The Morgan fingerprint density at radius 3 is 2.89 bits per heavy atom. The van der Waals surface area contributed by atoms with Crippen molar-refractivity contribution >= 4 is 21.8 Å². The molecule has 0 spiro atoms. The summed E-state index contributed by atoms with van der Waals surface area (Å²) < 4.78 is 30.1. The lowest BCUT2D eigenvalue weighted by Crippen LogP contribution is -2.27. The van der Waals surface area contributed by atoms with Gasteiger partial charge < -0.3 is 10.5 Å². The van der Waals surface area contributed by atoms with Crippen LogP contribution in [0.1, 0.15) is 18.9 Å². The first-order chi connectivity index (χ1) is 8.44. The van der Waals surface area contributed by atoms with E-state index < -0.39 is 16.0 Å². The van der Waals surface area contributed by atoms with Gasteiger partial charge in [0.2, 0.25) is 10.0 Å². The SMILES string of the molecule is CCOC(=O)CCS(=O)(=O)NCc1cn[nH]c1N. The molecule has 18 heavy (non-hydrogen) atoms. The van der Waals surface area contributed by atoms with Gasteiger partial charge in [0.25, 0.3) is 0 Å². The van der Waals surface area contributed by atoms with Crippen molar-refractivity contribution in [3.63, 3.8) is 0 Å². The zero-order valence-corrected chi connectivity index (χ0v) is 10.8. The number of rotatable bonds is 7. The highest BCUT2D eigenvalue weighted by atomic mass is 32.2. The predicted molar refractivity (Wildman–Crippen MR) is 64.9 cm³/mol. The lowest BCUT2D eigenvalue weighted by Gasteiger charge is -2.05. The molecular formula is C9H16N4O4S. The molecule has 0 radical (unpaired) electrons. The van der Waals surface area contributed by atoms with Gasteiger partial charge in [0.15, 0.2) is 0 Å². The third-order valence-corrected chi connectivity index (χ3v) is 3.44. The predicted octanol–water partition coefficient (Wildman–Crippen LogP) is -0.635. The number of aromatic amines is 1. The summed E-state index contributed by atoms with van der Waals surface area (Å²) >= 11 is 0. The van der Waals surface area contributed by atoms with Gasteiger partial charge in [-0.05, 0) is 6.92 Å². The molecule has 0 saturated heterocycles. The van der Waals surface area contributed by atoms with E-state index >= 15 is 0 Å². The Labute approximate surface area is 105 Å². The molecule has 1 aromatic rings. The largest absolute Gasteiger partial charge is 0.466 e. The van der Waals surface area contributed by atoms with E-state index in [1.807, 2.05) is 0 Å². The molecule has 9 heteroatoms. The van der Waals surface area contributed by atoms with Crippen LogP contribution in [0.3, 0.4) is 0 Å². The van der Waals surface area contributed by atoms with Crippen molar-refractivity contribution in [3.8, 4) is 0 Å². The van der Waals surface area contributed by atoms with Gasteiger partial charge in [-0.15, -0.1) is 0 Å². The number of nitrogen functional groups attached to an aromatic ring is 1. The van der Waals surface area contributed by atoms with Gasteiger partial charge in [0.05, 0.1) is 25.0 Å². The zero-order chi connectivity index (χ0) is 13.6. The van der Waals surface area contributed by atoms with Crippen LogP contribution in [0.25, 0.3) is 0 Å². The van der Waals surface area contributed by atoms with E-state index in [2.05, 4.69) is 19.7 Å². The van der Waals surface area contributed by atoms with Gasteiger partial charge in [-0.3, -0.25) is 9.89 Å². The van der Waals surface area contributed by atoms with Crippen LogP contribution in [0.2, 0.25) is 0 Å². The van der Waals surface area contributed by atoms with Gasteiger partial charge in [0, 0.05) is 12.1 Å². The Morgan fingerprint density at radius 1 is 1.61 bits per heavy atom. The van der Waals surface area contributed by atoms with Crippen LogP contribution < -0.4 is 10.5 Å². The summed E-state index contributed by atoms with van der Waals surface area (Å²) in [6, 6.07) is 0. The fraction of sp³-hybridized carbons (Fsp3) is 0.556. The molecule has 0 aromatic carbocycles. The first kappa shape index (κ1) is 14.5. The van der Waals surface area contributed by atoms with Crippen molar-refractivity contribution < 1.29 is 17.9 Å². The summed E-state index contributed by atoms with van der Waals surface area (Å²) in [6.45, 7) is 1.93. The molecule has 0 aliphatic heterocycles. The number of hydrogen-bond donors (Lipinski definition) is 3. The van der Waals surface area contributed by atoms with Crippen molar-refractivity contribution in [3.05, 3.63) is 11.8 Å². The van der Waals surface area contributed by atoms with Crippen molar-refractivity contribution in [1.82, 2.24) is 14.9 Å². The number of H-pyrrole nitrogens is 1. The maximum absolute atomic E-state index is 11.6. The number of nitrogens with zero attached hydrogens (tertiary/aromatic N) is 1. The summed E-state index contributed by atoms with van der Waals surface area (Å²) in [4.78, 5) is 11.0. The fourth-order valence-corrected chi connectivity index (χ4v) is 2.13. The van der Waals surface area contributed by atoms with E-state index in [0.717, 1.165) is 0 Å². The Morgan fingerprint density at radius 2 is 2.33 bits per heavy atom. The molecule has 0 fully saturated rings. The molecule has 0 aliphatic rings. The smallest absolute Gasteiger partial charge is 0.306 e. The number of carbonyl (C=O) groups excluding carboxylic acids is 1. The molecule has 102 valence electrons. The molecule has 0 bridgehead atoms. The molecule has 0 amide bonds. The van der Waals surface area contributed by atoms with E-state index in [9.17, 15) is 13.2 Å². The molecule has 1 heterocycles. The van der Waals surface area contributed by atoms with E-state index in [4.69, 9.17) is 5.73 Å². The second-order valence-electron chi connectivity index (χ2n) is 3.50. The van der Waals surface area contributed by atoms with Crippen molar-refractivity contribution in [2.45, 2.75) is 19.9 Å². The minimum atomic E-state index is -3.54. The number of anilines is 1. The van der Waals surface area contributed by atoms with Crippen LogP contribution in [0.5, 0.6) is 0 Å². The molecule has 1 aromatic heterocycles. The minimum Gasteiger partial charge on any atom is -0.466 e. The molecule has 8 nitrogen and oxygen atoms in total. The van der Waals surface area contributed by atoms with Gasteiger partial charge in [-0.25, -0.2) is 13.1 Å². The van der Waals surface area contributed by atoms with Crippen LogP contribution in [0.4, 0.5) is 5.82 Å². The first-order valence-corrected chi connectivity index (χ1v) is 7.00. The minimum absolute atomic E-state index is 0.0352. The van der Waals surface area contributed by atoms with Crippen molar-refractivity contribution in [2.75, 3.05) is 18.1 Å². The average molecular weight is 276 g/mol. The number of nitrogens with one attached hydrogen (secondary N) is 2. The monoisotopic (exact) mass is 276 g/mol. The highest BCUT2D eigenvalue weighted by Crippen LogP contribution is 2.05. The third kappa shape index (κ3) is 4.72. The Bertz CT molecular complexity index is 496. The molecule has 0 unspecified atom stereocenters. The summed E-state index contributed by atoms with van der Waals surface area (Å²) in [5.41, 5.74) is 6.06. The van der Waals surface area contributed by atoms with Crippen LogP contribution in [-0.4, -0.2) is 36.9 Å². The zero-order valence-electron chi connectivity index (χ0n) is 9.97. The van der Waals surface area contributed by atoms with Gasteiger partial charge in [0.1, 0.15) is 5.82 Å². The lowest BCUT2D eigenvalue weighted by atomic mass is 10.3. The molecule has 4 N–H and O–H groups in total. The van der Waals surface area contributed by atoms with Crippen LogP contribution in [0.15, 0.2) is 6.20 Å². The van der Waals surface area contributed by atoms with Crippen molar-refractivity contribution in [2.24, 2.45) is 0 Å². The fourth-order valence-electron chi connectivity index (χ4n) is 1.17. The van der Waals surface area contributed by atoms with E-state index in [0.29, 0.717) is 11.4 Å². The molecule has 0 aliphatic carbocycles. The maximum Gasteiger partial charge on any atom is 0.306 e. The van der Waals surface area contributed by atoms with E-state index in [1.165, 1.54) is 6.20 Å². The Hall–Kier alpha value is -1.61. The van der Waals surface area contributed by atoms with Gasteiger partial charge in [-0.2, -0.15) is 5.10 Å². The number of aromatic nitrogens is 2. The highest BCUT2D eigenvalue weighted by molar-refractivity contribution is 7.89. The Balaban J connectivity index is 2.41. The number of sulfonamides is 1. The Kier molecular flexibility index (Phi) is 5.10. The number of esters is 1. The van der Waals surface area contributed by atoms with Gasteiger partial charge >= 0.3 is 5.97 Å².